The molecule has 1 aromatic rings. The first kappa shape index (κ1) is 14.8. The molecule has 1 aliphatic heterocycles. The standard InChI is InChI=1S/C17H26N2O2/c20-17-7-3-15(4-8-17)18-13-14-1-5-16(6-2-14)19-9-11-21-12-10-19/h1-2,5-6,15,17-18,20H,3-4,7-13H2. The number of nitrogens with zero attached hydrogens (tertiary/aromatic N) is 1. The van der Waals surface area contributed by atoms with E-state index in [4.69, 9.17) is 4.74 Å². The predicted molar refractivity (Wildman–Crippen MR) is 84.6 cm³/mol. The van der Waals surface area contributed by atoms with Gasteiger partial charge in [0.25, 0.3) is 0 Å². The van der Waals surface area contributed by atoms with Crippen LogP contribution in [-0.4, -0.2) is 43.6 Å². The molecule has 0 unspecified atom stereocenters. The Kier molecular flexibility index (Phi) is 5.12. The zero-order valence-corrected chi connectivity index (χ0v) is 12.6. The Balaban J connectivity index is 1.48. The molecule has 0 amide bonds. The van der Waals surface area contributed by atoms with Crippen LogP contribution in [0, 0.1) is 0 Å². The van der Waals surface area contributed by atoms with E-state index in [0.29, 0.717) is 6.04 Å². The van der Waals surface area contributed by atoms with Crippen LogP contribution < -0.4 is 10.2 Å². The van der Waals surface area contributed by atoms with E-state index in [9.17, 15) is 5.11 Å². The van der Waals surface area contributed by atoms with E-state index >= 15 is 0 Å². The van der Waals surface area contributed by atoms with Crippen LogP contribution in [0.2, 0.25) is 0 Å². The van der Waals surface area contributed by atoms with Gasteiger partial charge in [-0.25, -0.2) is 0 Å². The summed E-state index contributed by atoms with van der Waals surface area (Å²) in [7, 11) is 0. The van der Waals surface area contributed by atoms with Gasteiger partial charge in [0, 0.05) is 31.4 Å². The highest BCUT2D eigenvalue weighted by Crippen LogP contribution is 2.20. The molecule has 0 bridgehead atoms. The SMILES string of the molecule is OC1CCC(NCc2ccc(N3CCOCC3)cc2)CC1. The monoisotopic (exact) mass is 290 g/mol. The van der Waals surface area contributed by atoms with Gasteiger partial charge >= 0.3 is 0 Å². The highest BCUT2D eigenvalue weighted by molar-refractivity contribution is 5.47. The number of anilines is 1. The van der Waals surface area contributed by atoms with Gasteiger partial charge in [0.2, 0.25) is 0 Å². The Bertz CT molecular complexity index is 421. The molecule has 4 nitrogen and oxygen atoms in total. The van der Waals surface area contributed by atoms with Crippen LogP contribution in [0.15, 0.2) is 24.3 Å². The van der Waals surface area contributed by atoms with Gasteiger partial charge in [-0.05, 0) is 43.4 Å². The third-order valence-corrected chi connectivity index (χ3v) is 4.60. The lowest BCUT2D eigenvalue weighted by Crippen LogP contribution is -2.36. The van der Waals surface area contributed by atoms with Gasteiger partial charge in [-0.2, -0.15) is 0 Å². The highest BCUT2D eigenvalue weighted by Gasteiger charge is 2.18. The zero-order chi connectivity index (χ0) is 14.5. The van der Waals surface area contributed by atoms with Crippen LogP contribution in [0.1, 0.15) is 31.2 Å². The van der Waals surface area contributed by atoms with Crippen LogP contribution in [0.3, 0.4) is 0 Å². The van der Waals surface area contributed by atoms with Crippen LogP contribution in [-0.2, 0) is 11.3 Å². The van der Waals surface area contributed by atoms with Gasteiger partial charge in [0.15, 0.2) is 0 Å². The molecular formula is C17H26N2O2. The van der Waals surface area contributed by atoms with Crippen LogP contribution in [0.4, 0.5) is 5.69 Å². The Morgan fingerprint density at radius 3 is 2.38 bits per heavy atom. The van der Waals surface area contributed by atoms with Gasteiger partial charge in [-0.15, -0.1) is 0 Å². The fourth-order valence-electron chi connectivity index (χ4n) is 3.19. The predicted octanol–water partition coefficient (Wildman–Crippen LogP) is 1.92. The third-order valence-electron chi connectivity index (χ3n) is 4.60. The first-order valence-corrected chi connectivity index (χ1v) is 8.14. The summed E-state index contributed by atoms with van der Waals surface area (Å²) < 4.78 is 5.39. The van der Waals surface area contributed by atoms with Crippen molar-refractivity contribution >= 4 is 5.69 Å². The minimum atomic E-state index is -0.0733. The van der Waals surface area contributed by atoms with Crippen molar-refractivity contribution in [2.45, 2.75) is 44.4 Å². The zero-order valence-electron chi connectivity index (χ0n) is 12.6. The lowest BCUT2D eigenvalue weighted by atomic mass is 9.93. The van der Waals surface area contributed by atoms with E-state index in [-0.39, 0.29) is 6.10 Å². The van der Waals surface area contributed by atoms with E-state index in [2.05, 4.69) is 34.5 Å². The summed E-state index contributed by atoms with van der Waals surface area (Å²) in [6.45, 7) is 4.56. The summed E-state index contributed by atoms with van der Waals surface area (Å²) in [5.74, 6) is 0. The third kappa shape index (κ3) is 4.19. The Labute approximate surface area is 127 Å². The van der Waals surface area contributed by atoms with E-state index in [1.807, 2.05) is 0 Å². The largest absolute Gasteiger partial charge is 0.393 e. The molecule has 0 aromatic heterocycles. The molecule has 1 aliphatic carbocycles. The fraction of sp³-hybridized carbons (Fsp3) is 0.647. The first-order valence-electron chi connectivity index (χ1n) is 8.14. The fourth-order valence-corrected chi connectivity index (χ4v) is 3.19. The maximum absolute atomic E-state index is 9.53. The van der Waals surface area contributed by atoms with Crippen molar-refractivity contribution in [3.8, 4) is 0 Å². The summed E-state index contributed by atoms with van der Waals surface area (Å²) >= 11 is 0. The maximum atomic E-state index is 9.53. The first-order chi connectivity index (χ1) is 10.3. The minimum Gasteiger partial charge on any atom is -0.393 e. The second-order valence-corrected chi connectivity index (χ2v) is 6.15. The number of hydrogen-bond acceptors (Lipinski definition) is 4. The summed E-state index contributed by atoms with van der Waals surface area (Å²) in [6, 6.07) is 9.43. The van der Waals surface area contributed by atoms with Crippen molar-refractivity contribution in [1.82, 2.24) is 5.32 Å². The molecule has 1 saturated heterocycles. The normalized spacial score (nSPS) is 26.8. The average Bonchev–Trinajstić information content (AvgIpc) is 2.56. The molecule has 0 radical (unpaired) electrons. The van der Waals surface area contributed by atoms with Crippen LogP contribution in [0.25, 0.3) is 0 Å². The number of morpholine rings is 1. The smallest absolute Gasteiger partial charge is 0.0642 e. The molecule has 0 spiro atoms. The van der Waals surface area contributed by atoms with Crippen LogP contribution >= 0.6 is 0 Å². The van der Waals surface area contributed by atoms with Gasteiger partial charge in [-0.3, -0.25) is 0 Å². The Morgan fingerprint density at radius 2 is 1.71 bits per heavy atom. The molecular weight excluding hydrogens is 264 g/mol. The molecule has 21 heavy (non-hydrogen) atoms. The molecule has 1 saturated carbocycles. The number of ether oxygens (including phenoxy) is 1. The summed E-state index contributed by atoms with van der Waals surface area (Å²) in [6.07, 6.45) is 3.98. The number of rotatable bonds is 4. The van der Waals surface area contributed by atoms with E-state index in [0.717, 1.165) is 58.5 Å². The summed E-state index contributed by atoms with van der Waals surface area (Å²) in [5, 5.41) is 13.1. The van der Waals surface area contributed by atoms with Crippen molar-refractivity contribution in [2.24, 2.45) is 0 Å². The topological polar surface area (TPSA) is 44.7 Å². The molecule has 2 aliphatic rings. The molecule has 3 rings (SSSR count). The lowest BCUT2D eigenvalue weighted by molar-refractivity contribution is 0.116. The lowest BCUT2D eigenvalue weighted by Gasteiger charge is -2.29. The molecule has 1 heterocycles. The summed E-state index contributed by atoms with van der Waals surface area (Å²) in [4.78, 5) is 2.38. The molecule has 0 atom stereocenters. The van der Waals surface area contributed by atoms with Crippen molar-refractivity contribution in [1.29, 1.82) is 0 Å². The second kappa shape index (κ2) is 7.25. The Hall–Kier alpha value is -1.10. The molecule has 2 N–H and O–H groups in total. The van der Waals surface area contributed by atoms with Crippen molar-refractivity contribution < 1.29 is 9.84 Å². The highest BCUT2D eigenvalue weighted by atomic mass is 16.5. The van der Waals surface area contributed by atoms with E-state index in [1.54, 1.807) is 0 Å². The van der Waals surface area contributed by atoms with Crippen LogP contribution in [0.5, 0.6) is 0 Å². The number of benzene rings is 1. The minimum absolute atomic E-state index is 0.0733. The average molecular weight is 290 g/mol. The number of aliphatic hydroxyl groups excluding tert-OH is 1. The van der Waals surface area contributed by atoms with E-state index < -0.39 is 0 Å². The molecule has 2 fully saturated rings. The number of hydrogen-bond donors (Lipinski definition) is 2. The van der Waals surface area contributed by atoms with Gasteiger partial charge < -0.3 is 20.1 Å². The quantitative estimate of drug-likeness (QED) is 0.889. The van der Waals surface area contributed by atoms with Gasteiger partial charge in [0.1, 0.15) is 0 Å². The second-order valence-electron chi connectivity index (χ2n) is 6.15. The molecule has 1 aromatic carbocycles. The maximum Gasteiger partial charge on any atom is 0.0642 e. The van der Waals surface area contributed by atoms with Gasteiger partial charge in [0.05, 0.1) is 19.3 Å². The van der Waals surface area contributed by atoms with Gasteiger partial charge in [-0.1, -0.05) is 12.1 Å². The molecule has 4 heteroatoms. The summed E-state index contributed by atoms with van der Waals surface area (Å²) in [5.41, 5.74) is 2.63. The van der Waals surface area contributed by atoms with Crippen molar-refractivity contribution in [3.63, 3.8) is 0 Å². The molecule has 116 valence electrons. The van der Waals surface area contributed by atoms with Crippen molar-refractivity contribution in [3.05, 3.63) is 29.8 Å². The number of aliphatic hydroxyl groups is 1. The van der Waals surface area contributed by atoms with Crippen molar-refractivity contribution in [2.75, 3.05) is 31.2 Å². The number of nitrogens with one attached hydrogen (secondary N) is 1. The Morgan fingerprint density at radius 1 is 1.05 bits per heavy atom. The van der Waals surface area contributed by atoms with E-state index in [1.165, 1.54) is 11.3 Å².